The molecule has 1 aromatic heterocycles. The van der Waals surface area contributed by atoms with Gasteiger partial charge < -0.3 is 16.0 Å². The molecule has 1 fully saturated rings. The number of pyridine rings is 1. The van der Waals surface area contributed by atoms with E-state index in [0.717, 1.165) is 12.3 Å². The molecule has 5 nitrogen and oxygen atoms in total. The van der Waals surface area contributed by atoms with Crippen molar-refractivity contribution in [2.24, 2.45) is 11.7 Å². The van der Waals surface area contributed by atoms with Gasteiger partial charge in [0.1, 0.15) is 5.82 Å². The maximum absolute atomic E-state index is 12.6. The molecule has 1 aromatic rings. The zero-order chi connectivity index (χ0) is 17.9. The summed E-state index contributed by atoms with van der Waals surface area (Å²) in [7, 11) is 0. The number of nitrogens with zero attached hydrogens (tertiary/aromatic N) is 2. The van der Waals surface area contributed by atoms with Crippen molar-refractivity contribution >= 4 is 23.3 Å². The molecule has 0 aliphatic carbocycles. The first-order valence-electron chi connectivity index (χ1n) is 7.70. The monoisotopic (exact) mass is 364 g/mol. The minimum absolute atomic E-state index is 0.0375. The zero-order valence-corrected chi connectivity index (χ0v) is 14.0. The molecule has 134 valence electrons. The Morgan fingerprint density at radius 3 is 2.62 bits per heavy atom. The number of hydrogen-bond acceptors (Lipinski definition) is 4. The second-order valence-electron chi connectivity index (χ2n) is 5.93. The van der Waals surface area contributed by atoms with Gasteiger partial charge in [0.25, 0.3) is 0 Å². The SMILES string of the molecule is C[C@@H](CN)NC(=O)C1CCN(c2ncc(C(F)(F)F)cc2Cl)CC1. The third-order valence-corrected chi connectivity index (χ3v) is 4.33. The molecule has 0 radical (unpaired) electrons. The van der Waals surface area contributed by atoms with E-state index in [2.05, 4.69) is 10.3 Å². The summed E-state index contributed by atoms with van der Waals surface area (Å²) in [5, 5.41) is 2.80. The van der Waals surface area contributed by atoms with Gasteiger partial charge in [-0.15, -0.1) is 0 Å². The van der Waals surface area contributed by atoms with Crippen molar-refractivity contribution < 1.29 is 18.0 Å². The molecule has 0 aromatic carbocycles. The molecule has 1 atom stereocenters. The van der Waals surface area contributed by atoms with Crippen LogP contribution >= 0.6 is 11.6 Å². The minimum Gasteiger partial charge on any atom is -0.355 e. The second-order valence-corrected chi connectivity index (χ2v) is 6.34. The van der Waals surface area contributed by atoms with Crippen molar-refractivity contribution in [2.45, 2.75) is 32.0 Å². The number of piperidine rings is 1. The van der Waals surface area contributed by atoms with Crippen molar-refractivity contribution in [3.8, 4) is 0 Å². The molecule has 0 bridgehead atoms. The number of nitrogens with two attached hydrogens (primary N) is 1. The van der Waals surface area contributed by atoms with Crippen molar-refractivity contribution in [2.75, 3.05) is 24.5 Å². The largest absolute Gasteiger partial charge is 0.417 e. The molecule has 1 amide bonds. The molecular weight excluding hydrogens is 345 g/mol. The fourth-order valence-corrected chi connectivity index (χ4v) is 2.88. The van der Waals surface area contributed by atoms with Crippen LogP contribution in [0.4, 0.5) is 19.0 Å². The number of nitrogens with one attached hydrogen (secondary N) is 1. The lowest BCUT2D eigenvalue weighted by Crippen LogP contribution is -2.45. The molecule has 1 saturated heterocycles. The van der Waals surface area contributed by atoms with Crippen LogP contribution in [0, 0.1) is 5.92 Å². The smallest absolute Gasteiger partial charge is 0.355 e. The Morgan fingerprint density at radius 1 is 1.50 bits per heavy atom. The number of carbonyl (C=O) groups is 1. The quantitative estimate of drug-likeness (QED) is 0.860. The summed E-state index contributed by atoms with van der Waals surface area (Å²) >= 11 is 5.96. The summed E-state index contributed by atoms with van der Waals surface area (Å²) in [5.74, 6) is 0.140. The summed E-state index contributed by atoms with van der Waals surface area (Å²) in [6.07, 6.45) is -2.52. The summed E-state index contributed by atoms with van der Waals surface area (Å²) in [4.78, 5) is 17.7. The van der Waals surface area contributed by atoms with Crippen LogP contribution in [0.25, 0.3) is 0 Å². The number of carbonyl (C=O) groups excluding carboxylic acids is 1. The number of alkyl halides is 3. The Balaban J connectivity index is 1.98. The highest BCUT2D eigenvalue weighted by atomic mass is 35.5. The molecule has 0 saturated carbocycles. The lowest BCUT2D eigenvalue weighted by molar-refractivity contribution is -0.137. The Labute approximate surface area is 143 Å². The van der Waals surface area contributed by atoms with E-state index < -0.39 is 11.7 Å². The molecule has 1 aliphatic heterocycles. The first kappa shape index (κ1) is 18.8. The fourth-order valence-electron chi connectivity index (χ4n) is 2.59. The highest BCUT2D eigenvalue weighted by Gasteiger charge is 2.33. The van der Waals surface area contributed by atoms with Crippen molar-refractivity contribution in [1.82, 2.24) is 10.3 Å². The van der Waals surface area contributed by atoms with E-state index in [4.69, 9.17) is 17.3 Å². The molecule has 1 aliphatic rings. The topological polar surface area (TPSA) is 71.2 Å². The van der Waals surface area contributed by atoms with Crippen LogP contribution in [0.2, 0.25) is 5.02 Å². The van der Waals surface area contributed by atoms with Gasteiger partial charge in [-0.05, 0) is 25.8 Å². The van der Waals surface area contributed by atoms with E-state index in [1.807, 2.05) is 6.92 Å². The van der Waals surface area contributed by atoms with Crippen LogP contribution in [-0.4, -0.2) is 36.6 Å². The molecule has 9 heteroatoms. The van der Waals surface area contributed by atoms with Gasteiger partial charge in [-0.1, -0.05) is 11.6 Å². The second kappa shape index (κ2) is 7.57. The van der Waals surface area contributed by atoms with Gasteiger partial charge in [0.15, 0.2) is 0 Å². The fraction of sp³-hybridized carbons (Fsp3) is 0.600. The summed E-state index contributed by atoms with van der Waals surface area (Å²) < 4.78 is 37.9. The Hall–Kier alpha value is -1.54. The molecule has 2 heterocycles. The molecular formula is C15H20ClF3N4O. The third kappa shape index (κ3) is 4.51. The van der Waals surface area contributed by atoms with E-state index in [-0.39, 0.29) is 22.9 Å². The maximum Gasteiger partial charge on any atom is 0.417 e. The lowest BCUT2D eigenvalue weighted by atomic mass is 9.95. The first-order valence-corrected chi connectivity index (χ1v) is 8.08. The van der Waals surface area contributed by atoms with E-state index in [1.165, 1.54) is 0 Å². The molecule has 3 N–H and O–H groups in total. The van der Waals surface area contributed by atoms with Gasteiger partial charge in [-0.2, -0.15) is 13.2 Å². The van der Waals surface area contributed by atoms with Crippen molar-refractivity contribution in [3.05, 3.63) is 22.8 Å². The predicted octanol–water partition coefficient (Wildman–Crippen LogP) is 2.43. The third-order valence-electron chi connectivity index (χ3n) is 4.06. The van der Waals surface area contributed by atoms with Gasteiger partial charge in [0.2, 0.25) is 5.91 Å². The lowest BCUT2D eigenvalue weighted by Gasteiger charge is -2.33. The Bertz CT molecular complexity index is 589. The molecule has 0 unspecified atom stereocenters. The van der Waals surface area contributed by atoms with E-state index >= 15 is 0 Å². The van der Waals surface area contributed by atoms with Crippen molar-refractivity contribution in [3.63, 3.8) is 0 Å². The number of amides is 1. The predicted molar refractivity (Wildman–Crippen MR) is 85.8 cm³/mol. The summed E-state index contributed by atoms with van der Waals surface area (Å²) in [5.41, 5.74) is 4.61. The first-order chi connectivity index (χ1) is 11.2. The van der Waals surface area contributed by atoms with Gasteiger partial charge in [-0.3, -0.25) is 4.79 Å². The average Bonchev–Trinajstić information content (AvgIpc) is 2.54. The van der Waals surface area contributed by atoms with Crippen LogP contribution < -0.4 is 16.0 Å². The number of aromatic nitrogens is 1. The standard InChI is InChI=1S/C15H20ClF3N4O/c1-9(7-20)22-14(24)10-2-4-23(5-3-10)13-12(16)6-11(8-21-13)15(17,18)19/h6,8-10H,2-5,7,20H2,1H3,(H,22,24)/t9-/m0/s1. The summed E-state index contributed by atoms with van der Waals surface area (Å²) in [6.45, 7) is 3.22. The van der Waals surface area contributed by atoms with E-state index in [1.54, 1.807) is 4.90 Å². The molecule has 2 rings (SSSR count). The van der Waals surface area contributed by atoms with Crippen LogP contribution in [0.1, 0.15) is 25.3 Å². The van der Waals surface area contributed by atoms with Gasteiger partial charge >= 0.3 is 6.18 Å². The Morgan fingerprint density at radius 2 is 2.12 bits per heavy atom. The highest BCUT2D eigenvalue weighted by Crippen LogP contribution is 2.34. The summed E-state index contributed by atoms with van der Waals surface area (Å²) in [6, 6.07) is 0.799. The number of halogens is 4. The molecule has 24 heavy (non-hydrogen) atoms. The zero-order valence-electron chi connectivity index (χ0n) is 13.2. The van der Waals surface area contributed by atoms with Gasteiger partial charge in [-0.25, -0.2) is 4.98 Å². The van der Waals surface area contributed by atoms with E-state index in [9.17, 15) is 18.0 Å². The normalized spacial score (nSPS) is 17.7. The van der Waals surface area contributed by atoms with Crippen molar-refractivity contribution in [1.29, 1.82) is 0 Å². The van der Waals surface area contributed by atoms with E-state index in [0.29, 0.717) is 38.3 Å². The van der Waals surface area contributed by atoms with Crippen LogP contribution in [0.3, 0.4) is 0 Å². The highest BCUT2D eigenvalue weighted by molar-refractivity contribution is 6.33. The maximum atomic E-state index is 12.6. The van der Waals surface area contributed by atoms with Crippen LogP contribution in [0.5, 0.6) is 0 Å². The number of hydrogen-bond donors (Lipinski definition) is 2. The average molecular weight is 365 g/mol. The van der Waals surface area contributed by atoms with Gasteiger partial charge in [0, 0.05) is 37.8 Å². The minimum atomic E-state index is -4.47. The van der Waals surface area contributed by atoms with Gasteiger partial charge in [0.05, 0.1) is 10.6 Å². The number of rotatable bonds is 4. The van der Waals surface area contributed by atoms with Crippen LogP contribution in [-0.2, 0) is 11.0 Å². The number of anilines is 1. The molecule has 0 spiro atoms. The van der Waals surface area contributed by atoms with Crippen LogP contribution in [0.15, 0.2) is 12.3 Å². The Kier molecular flexibility index (Phi) is 5.92.